The van der Waals surface area contributed by atoms with Crippen LogP contribution in [0.5, 0.6) is 0 Å². The zero-order valence-electron chi connectivity index (χ0n) is 9.31. The lowest BCUT2D eigenvalue weighted by Crippen LogP contribution is -2.23. The molecule has 106 valence electrons. The fourth-order valence-electron chi connectivity index (χ4n) is 1.22. The predicted octanol–water partition coefficient (Wildman–Crippen LogP) is -0.204. The Bertz CT molecular complexity index is 713. The third kappa shape index (κ3) is 4.22. The second-order valence-electron chi connectivity index (χ2n) is 3.56. The molecule has 1 aromatic rings. The van der Waals surface area contributed by atoms with Crippen molar-refractivity contribution in [3.63, 3.8) is 0 Å². The summed E-state index contributed by atoms with van der Waals surface area (Å²) in [7, 11) is -8.38. The van der Waals surface area contributed by atoms with Crippen LogP contribution in [0.4, 0.5) is 10.1 Å². The molecular formula is C8H9FN2O6S2. The lowest BCUT2D eigenvalue weighted by molar-refractivity contribution is -0.387. The van der Waals surface area contributed by atoms with Crippen LogP contribution in [-0.4, -0.2) is 33.3 Å². The van der Waals surface area contributed by atoms with Crippen LogP contribution in [-0.2, 0) is 19.9 Å². The van der Waals surface area contributed by atoms with Gasteiger partial charge in [-0.15, -0.1) is 0 Å². The third-order valence-electron chi connectivity index (χ3n) is 2.09. The van der Waals surface area contributed by atoms with Gasteiger partial charge in [-0.3, -0.25) is 10.1 Å². The average Bonchev–Trinajstić information content (AvgIpc) is 2.25. The Morgan fingerprint density at radius 1 is 1.21 bits per heavy atom. The van der Waals surface area contributed by atoms with Gasteiger partial charge in [0.2, 0.25) is 10.0 Å². The van der Waals surface area contributed by atoms with Gasteiger partial charge in [-0.05, 0) is 12.1 Å². The van der Waals surface area contributed by atoms with Gasteiger partial charge in [0.15, 0.2) is 9.84 Å². The highest BCUT2D eigenvalue weighted by Gasteiger charge is 2.27. The average molecular weight is 312 g/mol. The number of rotatable bonds is 5. The van der Waals surface area contributed by atoms with Crippen LogP contribution in [0.1, 0.15) is 0 Å². The van der Waals surface area contributed by atoms with Crippen LogP contribution in [0.3, 0.4) is 0 Å². The topological polar surface area (TPSA) is 137 Å². The Kier molecular flexibility index (Phi) is 4.22. The zero-order valence-corrected chi connectivity index (χ0v) is 10.9. The predicted molar refractivity (Wildman–Crippen MR) is 63.1 cm³/mol. The zero-order chi connectivity index (χ0) is 14.8. The minimum Gasteiger partial charge on any atom is -0.258 e. The Balaban J connectivity index is 3.28. The highest BCUT2D eigenvalue weighted by atomic mass is 32.2. The fourth-order valence-corrected chi connectivity index (χ4v) is 4.00. The monoisotopic (exact) mass is 312 g/mol. The van der Waals surface area contributed by atoms with Crippen molar-refractivity contribution in [2.75, 3.05) is 11.5 Å². The number of nitro benzene ring substituents is 1. The van der Waals surface area contributed by atoms with Crippen molar-refractivity contribution in [1.82, 2.24) is 0 Å². The second kappa shape index (κ2) is 5.19. The number of nitrogens with two attached hydrogens (primary N) is 1. The van der Waals surface area contributed by atoms with Gasteiger partial charge in [-0.1, -0.05) is 0 Å². The van der Waals surface area contributed by atoms with Gasteiger partial charge in [0, 0.05) is 6.07 Å². The molecule has 0 aromatic heterocycles. The molecule has 2 N–H and O–H groups in total. The summed E-state index contributed by atoms with van der Waals surface area (Å²) >= 11 is 0. The van der Waals surface area contributed by atoms with Gasteiger partial charge in [-0.2, -0.15) is 0 Å². The van der Waals surface area contributed by atoms with Crippen LogP contribution in [0.15, 0.2) is 23.1 Å². The van der Waals surface area contributed by atoms with E-state index in [2.05, 4.69) is 5.14 Å². The van der Waals surface area contributed by atoms with E-state index in [1.807, 2.05) is 0 Å². The molecule has 0 bridgehead atoms. The van der Waals surface area contributed by atoms with E-state index in [9.17, 15) is 31.3 Å². The SMILES string of the molecule is NS(=O)(=O)CCS(=O)(=O)c1cc(F)ccc1[N+](=O)[O-]. The van der Waals surface area contributed by atoms with E-state index in [4.69, 9.17) is 0 Å². The van der Waals surface area contributed by atoms with Gasteiger partial charge in [0.1, 0.15) is 10.7 Å². The molecule has 0 radical (unpaired) electrons. The third-order valence-corrected chi connectivity index (χ3v) is 4.86. The summed E-state index contributed by atoms with van der Waals surface area (Å²) in [6, 6.07) is 1.90. The number of primary sulfonamides is 1. The fraction of sp³-hybridized carbons (Fsp3) is 0.250. The smallest absolute Gasteiger partial charge is 0.258 e. The Morgan fingerprint density at radius 3 is 2.26 bits per heavy atom. The highest BCUT2D eigenvalue weighted by Crippen LogP contribution is 2.25. The van der Waals surface area contributed by atoms with Crippen LogP contribution >= 0.6 is 0 Å². The molecule has 19 heavy (non-hydrogen) atoms. The summed E-state index contributed by atoms with van der Waals surface area (Å²) in [6.07, 6.45) is 0. The van der Waals surface area contributed by atoms with Crippen LogP contribution in [0.2, 0.25) is 0 Å². The molecule has 1 rings (SSSR count). The maximum Gasteiger partial charge on any atom is 0.288 e. The van der Waals surface area contributed by atoms with E-state index in [0.717, 1.165) is 6.07 Å². The standard InChI is InChI=1S/C8H9FN2O6S2/c9-6-1-2-7(11(12)13)8(5-6)18(14,15)3-4-19(10,16)17/h1-2,5H,3-4H2,(H2,10,16,17). The maximum absolute atomic E-state index is 13.0. The molecule has 0 atom stereocenters. The van der Waals surface area contributed by atoms with E-state index in [0.29, 0.717) is 12.1 Å². The summed E-state index contributed by atoms with van der Waals surface area (Å²) < 4.78 is 57.9. The van der Waals surface area contributed by atoms with Crippen molar-refractivity contribution in [3.8, 4) is 0 Å². The minimum atomic E-state index is -4.33. The lowest BCUT2D eigenvalue weighted by Gasteiger charge is -2.04. The van der Waals surface area contributed by atoms with Gasteiger partial charge in [-0.25, -0.2) is 26.4 Å². The normalized spacial score (nSPS) is 12.3. The van der Waals surface area contributed by atoms with Crippen molar-refractivity contribution >= 4 is 25.5 Å². The lowest BCUT2D eigenvalue weighted by atomic mass is 10.3. The number of sulfone groups is 1. The number of sulfonamides is 1. The molecule has 0 aliphatic heterocycles. The molecule has 0 fully saturated rings. The second-order valence-corrected chi connectivity index (χ2v) is 7.37. The first-order chi connectivity index (χ1) is 8.53. The molecule has 0 unspecified atom stereocenters. The molecular weight excluding hydrogens is 303 g/mol. The number of nitro groups is 1. The van der Waals surface area contributed by atoms with Crippen LogP contribution < -0.4 is 5.14 Å². The minimum absolute atomic E-state index is 0.469. The molecule has 0 saturated heterocycles. The molecule has 0 heterocycles. The van der Waals surface area contributed by atoms with Crippen molar-refractivity contribution < 1.29 is 26.1 Å². The van der Waals surface area contributed by atoms with E-state index < -0.39 is 52.7 Å². The van der Waals surface area contributed by atoms with Gasteiger partial charge < -0.3 is 0 Å². The molecule has 0 aliphatic carbocycles. The van der Waals surface area contributed by atoms with Gasteiger partial charge >= 0.3 is 0 Å². The first-order valence-electron chi connectivity index (χ1n) is 4.70. The molecule has 0 amide bonds. The van der Waals surface area contributed by atoms with Crippen molar-refractivity contribution in [1.29, 1.82) is 0 Å². The van der Waals surface area contributed by atoms with Crippen LogP contribution in [0.25, 0.3) is 0 Å². The number of hydrogen-bond donors (Lipinski definition) is 1. The van der Waals surface area contributed by atoms with Gasteiger partial charge in [0.05, 0.1) is 16.4 Å². The summed E-state index contributed by atoms with van der Waals surface area (Å²) in [4.78, 5) is 8.79. The molecule has 11 heteroatoms. The summed E-state index contributed by atoms with van der Waals surface area (Å²) in [5, 5.41) is 15.3. The van der Waals surface area contributed by atoms with Crippen LogP contribution in [0, 0.1) is 15.9 Å². The summed E-state index contributed by atoms with van der Waals surface area (Å²) in [6.45, 7) is 0. The number of hydrogen-bond acceptors (Lipinski definition) is 6. The number of benzene rings is 1. The quantitative estimate of drug-likeness (QED) is 0.590. The molecule has 1 aromatic carbocycles. The highest BCUT2D eigenvalue weighted by molar-refractivity contribution is 7.94. The van der Waals surface area contributed by atoms with Crippen molar-refractivity contribution in [2.45, 2.75) is 4.90 Å². The summed E-state index contributed by atoms with van der Waals surface area (Å²) in [5.74, 6) is -2.86. The Morgan fingerprint density at radius 2 is 1.79 bits per heavy atom. The van der Waals surface area contributed by atoms with Crippen molar-refractivity contribution in [3.05, 3.63) is 34.1 Å². The first-order valence-corrected chi connectivity index (χ1v) is 8.07. The van der Waals surface area contributed by atoms with E-state index in [1.165, 1.54) is 0 Å². The van der Waals surface area contributed by atoms with E-state index >= 15 is 0 Å². The largest absolute Gasteiger partial charge is 0.288 e. The van der Waals surface area contributed by atoms with Crippen molar-refractivity contribution in [2.24, 2.45) is 5.14 Å². The van der Waals surface area contributed by atoms with E-state index in [1.54, 1.807) is 0 Å². The molecule has 8 nitrogen and oxygen atoms in total. The summed E-state index contributed by atoms with van der Waals surface area (Å²) in [5.41, 5.74) is -0.823. The first kappa shape index (κ1) is 15.5. The number of halogens is 1. The molecule has 0 saturated carbocycles. The van der Waals surface area contributed by atoms with E-state index in [-0.39, 0.29) is 0 Å². The Hall–Kier alpha value is -1.59. The molecule has 0 spiro atoms. The molecule has 0 aliphatic rings. The number of nitrogens with zero attached hydrogens (tertiary/aromatic N) is 1. The maximum atomic E-state index is 13.0. The Labute approximate surface area is 108 Å². The van der Waals surface area contributed by atoms with Gasteiger partial charge in [0.25, 0.3) is 5.69 Å².